The zero-order valence-electron chi connectivity index (χ0n) is 11.1. The van der Waals surface area contributed by atoms with Crippen LogP contribution in [0.5, 0.6) is 5.75 Å². The van der Waals surface area contributed by atoms with Crippen LogP contribution in [-0.4, -0.2) is 23.4 Å². The molecule has 98 valence electrons. The Kier molecular flexibility index (Phi) is 2.65. The van der Waals surface area contributed by atoms with E-state index in [0.29, 0.717) is 6.04 Å². The van der Waals surface area contributed by atoms with Crippen molar-refractivity contribution in [3.63, 3.8) is 0 Å². The predicted octanol–water partition coefficient (Wildman–Crippen LogP) is 2.19. The average Bonchev–Trinajstić information content (AvgIpc) is 3.11. The van der Waals surface area contributed by atoms with Crippen molar-refractivity contribution in [1.29, 1.82) is 0 Å². The largest absolute Gasteiger partial charge is 0.487 e. The lowest BCUT2D eigenvalue weighted by atomic mass is 9.78. The number of para-hydroxylation sites is 1. The summed E-state index contributed by atoms with van der Waals surface area (Å²) in [5.74, 6) is 0.899. The molecule has 1 fully saturated rings. The molecule has 0 spiro atoms. The van der Waals surface area contributed by atoms with E-state index in [-0.39, 0.29) is 17.7 Å². The molecule has 1 atom stereocenters. The minimum Gasteiger partial charge on any atom is -0.487 e. The Morgan fingerprint density at radius 2 is 2.06 bits per heavy atom. The number of hydrogen-bond acceptors (Lipinski definition) is 3. The second-order valence-corrected chi connectivity index (χ2v) is 6.19. The summed E-state index contributed by atoms with van der Waals surface area (Å²) in [6.07, 6.45) is 3.22. The standard InChI is InChI=1S/C15H21NO2/c1-14(2)9-15(10-17,16-11-7-8-11)12-5-3-4-6-13(12)18-14/h3-6,11,16-17H,7-10H2,1-2H3. The van der Waals surface area contributed by atoms with Crippen molar-refractivity contribution in [2.45, 2.75) is 50.3 Å². The van der Waals surface area contributed by atoms with Crippen LogP contribution in [0, 0.1) is 0 Å². The van der Waals surface area contributed by atoms with Crippen LogP contribution in [0.15, 0.2) is 24.3 Å². The Bertz CT molecular complexity index is 454. The Hall–Kier alpha value is -1.06. The third kappa shape index (κ3) is 2.02. The van der Waals surface area contributed by atoms with Crippen LogP contribution in [-0.2, 0) is 5.54 Å². The Morgan fingerprint density at radius 3 is 2.72 bits per heavy atom. The molecule has 0 aromatic heterocycles. The van der Waals surface area contributed by atoms with E-state index in [1.807, 2.05) is 18.2 Å². The van der Waals surface area contributed by atoms with Crippen molar-refractivity contribution in [3.05, 3.63) is 29.8 Å². The number of benzene rings is 1. The fourth-order valence-corrected chi connectivity index (χ4v) is 3.04. The Labute approximate surface area is 108 Å². The highest BCUT2D eigenvalue weighted by Gasteiger charge is 2.47. The summed E-state index contributed by atoms with van der Waals surface area (Å²) in [4.78, 5) is 0. The number of aliphatic hydroxyl groups is 1. The van der Waals surface area contributed by atoms with Crippen molar-refractivity contribution in [3.8, 4) is 5.75 Å². The van der Waals surface area contributed by atoms with Crippen molar-refractivity contribution < 1.29 is 9.84 Å². The monoisotopic (exact) mass is 247 g/mol. The number of aliphatic hydroxyl groups excluding tert-OH is 1. The topological polar surface area (TPSA) is 41.5 Å². The lowest BCUT2D eigenvalue weighted by Crippen LogP contribution is -2.55. The molecule has 2 aliphatic rings. The van der Waals surface area contributed by atoms with Crippen molar-refractivity contribution >= 4 is 0 Å². The molecule has 0 bridgehead atoms. The van der Waals surface area contributed by atoms with Gasteiger partial charge in [0.2, 0.25) is 0 Å². The van der Waals surface area contributed by atoms with Crippen LogP contribution in [0.4, 0.5) is 0 Å². The van der Waals surface area contributed by atoms with E-state index in [1.54, 1.807) is 0 Å². The first-order valence-electron chi connectivity index (χ1n) is 6.72. The molecule has 1 unspecified atom stereocenters. The van der Waals surface area contributed by atoms with Gasteiger partial charge in [0.25, 0.3) is 0 Å². The molecule has 18 heavy (non-hydrogen) atoms. The molecule has 1 aliphatic heterocycles. The van der Waals surface area contributed by atoms with Crippen molar-refractivity contribution in [1.82, 2.24) is 5.32 Å². The van der Waals surface area contributed by atoms with Crippen LogP contribution in [0.1, 0.15) is 38.7 Å². The van der Waals surface area contributed by atoms with Crippen molar-refractivity contribution in [2.75, 3.05) is 6.61 Å². The molecule has 1 saturated carbocycles. The molecule has 1 heterocycles. The first-order chi connectivity index (χ1) is 8.55. The van der Waals surface area contributed by atoms with Gasteiger partial charge in [0.1, 0.15) is 11.4 Å². The maximum atomic E-state index is 9.98. The quantitative estimate of drug-likeness (QED) is 0.860. The van der Waals surface area contributed by atoms with Crippen molar-refractivity contribution in [2.24, 2.45) is 0 Å². The highest BCUT2D eigenvalue weighted by atomic mass is 16.5. The smallest absolute Gasteiger partial charge is 0.125 e. The Morgan fingerprint density at radius 1 is 1.33 bits per heavy atom. The number of hydrogen-bond donors (Lipinski definition) is 2. The predicted molar refractivity (Wildman–Crippen MR) is 70.7 cm³/mol. The molecular formula is C15H21NO2. The van der Waals surface area contributed by atoms with Gasteiger partial charge in [-0.25, -0.2) is 0 Å². The number of nitrogens with one attached hydrogen (secondary N) is 1. The van der Waals surface area contributed by atoms with Gasteiger partial charge in [0, 0.05) is 18.0 Å². The third-order valence-corrected chi connectivity index (χ3v) is 3.84. The normalized spacial score (nSPS) is 29.5. The van der Waals surface area contributed by atoms with E-state index >= 15 is 0 Å². The zero-order valence-corrected chi connectivity index (χ0v) is 11.1. The molecule has 2 N–H and O–H groups in total. The third-order valence-electron chi connectivity index (χ3n) is 3.84. The van der Waals surface area contributed by atoms with Crippen LogP contribution < -0.4 is 10.1 Å². The van der Waals surface area contributed by atoms with Crippen LogP contribution in [0.3, 0.4) is 0 Å². The van der Waals surface area contributed by atoms with E-state index in [0.717, 1.165) is 17.7 Å². The lowest BCUT2D eigenvalue weighted by Gasteiger charge is -2.46. The number of fused-ring (bicyclic) bond motifs is 1. The molecule has 0 amide bonds. The molecule has 0 radical (unpaired) electrons. The fourth-order valence-electron chi connectivity index (χ4n) is 3.04. The lowest BCUT2D eigenvalue weighted by molar-refractivity contribution is 0.00803. The summed E-state index contributed by atoms with van der Waals surface area (Å²) >= 11 is 0. The summed E-state index contributed by atoms with van der Waals surface area (Å²) < 4.78 is 6.03. The Balaban J connectivity index is 2.05. The molecule has 3 heteroatoms. The summed E-state index contributed by atoms with van der Waals surface area (Å²) in [7, 11) is 0. The first kappa shape index (κ1) is 12.0. The summed E-state index contributed by atoms with van der Waals surface area (Å²) in [5.41, 5.74) is 0.497. The molecule has 0 saturated heterocycles. The first-order valence-corrected chi connectivity index (χ1v) is 6.72. The van der Waals surface area contributed by atoms with E-state index in [9.17, 15) is 5.11 Å². The molecule has 1 aromatic carbocycles. The van der Waals surface area contributed by atoms with Gasteiger partial charge in [-0.05, 0) is 32.8 Å². The maximum absolute atomic E-state index is 9.98. The van der Waals surface area contributed by atoms with E-state index in [1.165, 1.54) is 12.8 Å². The van der Waals surface area contributed by atoms with Gasteiger partial charge in [-0.3, -0.25) is 0 Å². The molecule has 3 nitrogen and oxygen atoms in total. The highest BCUT2D eigenvalue weighted by Crippen LogP contribution is 2.44. The highest BCUT2D eigenvalue weighted by molar-refractivity contribution is 5.42. The number of rotatable bonds is 3. The molecule has 1 aromatic rings. The molecule has 3 rings (SSSR count). The summed E-state index contributed by atoms with van der Waals surface area (Å²) in [6.45, 7) is 4.29. The summed E-state index contributed by atoms with van der Waals surface area (Å²) in [5, 5.41) is 13.6. The van der Waals surface area contributed by atoms with Gasteiger partial charge in [-0.1, -0.05) is 18.2 Å². The maximum Gasteiger partial charge on any atom is 0.125 e. The molecule has 1 aliphatic carbocycles. The average molecular weight is 247 g/mol. The molecular weight excluding hydrogens is 226 g/mol. The van der Waals surface area contributed by atoms with E-state index in [4.69, 9.17) is 4.74 Å². The van der Waals surface area contributed by atoms with Crippen LogP contribution >= 0.6 is 0 Å². The van der Waals surface area contributed by atoms with E-state index < -0.39 is 0 Å². The van der Waals surface area contributed by atoms with Gasteiger partial charge >= 0.3 is 0 Å². The van der Waals surface area contributed by atoms with Gasteiger partial charge in [0.15, 0.2) is 0 Å². The van der Waals surface area contributed by atoms with Gasteiger partial charge < -0.3 is 15.2 Å². The summed E-state index contributed by atoms with van der Waals surface area (Å²) in [6, 6.07) is 8.61. The minimum absolute atomic E-state index is 0.118. The second-order valence-electron chi connectivity index (χ2n) is 6.19. The van der Waals surface area contributed by atoms with Gasteiger partial charge in [0.05, 0.1) is 12.1 Å². The van der Waals surface area contributed by atoms with E-state index in [2.05, 4.69) is 25.2 Å². The van der Waals surface area contributed by atoms with Crippen LogP contribution in [0.25, 0.3) is 0 Å². The number of ether oxygens (including phenoxy) is 1. The second kappa shape index (κ2) is 3.97. The fraction of sp³-hybridized carbons (Fsp3) is 0.600. The SMILES string of the molecule is CC1(C)CC(CO)(NC2CC2)c2ccccc2O1. The van der Waals surface area contributed by atoms with Gasteiger partial charge in [-0.15, -0.1) is 0 Å². The van der Waals surface area contributed by atoms with Crippen LogP contribution in [0.2, 0.25) is 0 Å². The zero-order chi connectivity index (χ0) is 12.8. The van der Waals surface area contributed by atoms with Gasteiger partial charge in [-0.2, -0.15) is 0 Å². The minimum atomic E-state index is -0.348.